The lowest BCUT2D eigenvalue weighted by atomic mass is 10.2. The molecule has 3 nitrogen and oxygen atoms in total. The van der Waals surface area contributed by atoms with Gasteiger partial charge in [0.25, 0.3) is 6.43 Å². The highest BCUT2D eigenvalue weighted by molar-refractivity contribution is 5.03. The number of hydrogen-bond donors (Lipinski definition) is 1. The van der Waals surface area contributed by atoms with E-state index in [-0.39, 0.29) is 6.61 Å². The van der Waals surface area contributed by atoms with E-state index in [2.05, 4.69) is 4.74 Å². The summed E-state index contributed by atoms with van der Waals surface area (Å²) in [7, 11) is 0. The molecule has 1 unspecified atom stereocenters. The first-order valence-corrected chi connectivity index (χ1v) is 4.57. The Labute approximate surface area is 81.3 Å². The Hall–Kier alpha value is -0.680. The largest absolute Gasteiger partial charge is 0.495 e. The highest BCUT2D eigenvalue weighted by Gasteiger charge is 2.15. The van der Waals surface area contributed by atoms with Crippen LogP contribution in [0.3, 0.4) is 0 Å². The molecule has 0 aromatic heterocycles. The number of ether oxygens (including phenoxy) is 2. The molecule has 0 radical (unpaired) electrons. The molecule has 1 N–H and O–H groups in total. The lowest BCUT2D eigenvalue weighted by Gasteiger charge is -2.11. The number of aliphatic hydroxyl groups excluding tert-OH is 1. The second-order valence-corrected chi connectivity index (χ2v) is 3.01. The van der Waals surface area contributed by atoms with Crippen LogP contribution >= 0.6 is 0 Å². The van der Waals surface area contributed by atoms with E-state index >= 15 is 0 Å². The highest BCUT2D eigenvalue weighted by atomic mass is 19.3. The first-order chi connectivity index (χ1) is 6.70. The molecule has 1 heterocycles. The topological polar surface area (TPSA) is 38.7 Å². The molecule has 0 saturated heterocycles. The van der Waals surface area contributed by atoms with Crippen LogP contribution in [-0.2, 0) is 9.47 Å². The van der Waals surface area contributed by atoms with Crippen molar-refractivity contribution in [1.29, 1.82) is 0 Å². The van der Waals surface area contributed by atoms with E-state index in [0.717, 1.165) is 6.42 Å². The molecule has 82 valence electrons. The minimum atomic E-state index is -2.45. The monoisotopic (exact) mass is 208 g/mol. The average Bonchev–Trinajstić information content (AvgIpc) is 2.64. The van der Waals surface area contributed by atoms with E-state index in [1.807, 2.05) is 0 Å². The van der Waals surface area contributed by atoms with E-state index in [4.69, 9.17) is 4.74 Å². The molecular weight excluding hydrogens is 194 g/mol. The molecule has 1 aliphatic rings. The van der Waals surface area contributed by atoms with Crippen molar-refractivity contribution in [2.45, 2.75) is 25.4 Å². The highest BCUT2D eigenvalue weighted by Crippen LogP contribution is 2.15. The van der Waals surface area contributed by atoms with E-state index in [1.54, 1.807) is 6.08 Å². The molecule has 0 saturated carbocycles. The lowest BCUT2D eigenvalue weighted by molar-refractivity contribution is 0.00334. The average molecular weight is 208 g/mol. The van der Waals surface area contributed by atoms with Crippen molar-refractivity contribution in [3.8, 4) is 0 Å². The summed E-state index contributed by atoms with van der Waals surface area (Å²) in [6.07, 6.45) is -0.287. The van der Waals surface area contributed by atoms with Crippen LogP contribution in [0.5, 0.6) is 0 Å². The molecule has 1 atom stereocenters. The summed E-state index contributed by atoms with van der Waals surface area (Å²) in [6.45, 7) is 0.128. The maximum Gasteiger partial charge on any atom is 0.261 e. The Morgan fingerprint density at radius 2 is 2.36 bits per heavy atom. The van der Waals surface area contributed by atoms with Gasteiger partial charge in [-0.05, 0) is 6.08 Å². The fraction of sp³-hybridized carbons (Fsp3) is 0.778. The van der Waals surface area contributed by atoms with Gasteiger partial charge in [-0.1, -0.05) is 0 Å². The number of rotatable bonds is 6. The first-order valence-electron chi connectivity index (χ1n) is 4.57. The van der Waals surface area contributed by atoms with Gasteiger partial charge < -0.3 is 14.6 Å². The van der Waals surface area contributed by atoms with Crippen molar-refractivity contribution in [2.24, 2.45) is 0 Å². The lowest BCUT2D eigenvalue weighted by Crippen LogP contribution is -2.15. The maximum atomic E-state index is 11.6. The molecule has 0 aromatic rings. The zero-order valence-electron chi connectivity index (χ0n) is 7.79. The van der Waals surface area contributed by atoms with Crippen molar-refractivity contribution in [2.75, 3.05) is 19.8 Å². The van der Waals surface area contributed by atoms with Crippen LogP contribution in [0, 0.1) is 0 Å². The second kappa shape index (κ2) is 5.93. The Bertz CT molecular complexity index is 194. The van der Waals surface area contributed by atoms with Gasteiger partial charge >= 0.3 is 0 Å². The van der Waals surface area contributed by atoms with Crippen LogP contribution in [0.4, 0.5) is 8.78 Å². The van der Waals surface area contributed by atoms with Crippen LogP contribution in [-0.4, -0.2) is 37.5 Å². The summed E-state index contributed by atoms with van der Waals surface area (Å²) in [6, 6.07) is 0. The molecule has 0 aliphatic carbocycles. The third-order valence-corrected chi connectivity index (χ3v) is 1.84. The van der Waals surface area contributed by atoms with Gasteiger partial charge in [-0.15, -0.1) is 0 Å². The van der Waals surface area contributed by atoms with Crippen LogP contribution < -0.4 is 0 Å². The molecule has 0 bridgehead atoms. The minimum absolute atomic E-state index is 0.117. The Morgan fingerprint density at radius 3 is 2.93 bits per heavy atom. The number of aliphatic hydroxyl groups is 1. The molecule has 0 fully saturated rings. The van der Waals surface area contributed by atoms with Gasteiger partial charge in [0.15, 0.2) is 0 Å². The minimum Gasteiger partial charge on any atom is -0.495 e. The third kappa shape index (κ3) is 4.02. The van der Waals surface area contributed by atoms with Crippen molar-refractivity contribution in [3.05, 3.63) is 11.8 Å². The smallest absolute Gasteiger partial charge is 0.261 e. The molecule has 5 heteroatoms. The van der Waals surface area contributed by atoms with E-state index < -0.39 is 19.1 Å². The summed E-state index contributed by atoms with van der Waals surface area (Å²) in [4.78, 5) is 0. The van der Waals surface area contributed by atoms with Crippen molar-refractivity contribution in [1.82, 2.24) is 0 Å². The Kier molecular flexibility index (Phi) is 4.82. The molecule has 1 aliphatic heterocycles. The van der Waals surface area contributed by atoms with Crippen LogP contribution in [0.15, 0.2) is 11.8 Å². The molecule has 14 heavy (non-hydrogen) atoms. The predicted molar refractivity (Wildman–Crippen MR) is 46.1 cm³/mol. The zero-order valence-corrected chi connectivity index (χ0v) is 7.79. The maximum absolute atomic E-state index is 11.6. The van der Waals surface area contributed by atoms with Gasteiger partial charge in [0.2, 0.25) is 0 Å². The zero-order chi connectivity index (χ0) is 10.4. The van der Waals surface area contributed by atoms with Crippen LogP contribution in [0.1, 0.15) is 12.8 Å². The van der Waals surface area contributed by atoms with E-state index in [1.165, 1.54) is 0 Å². The van der Waals surface area contributed by atoms with Crippen molar-refractivity contribution in [3.63, 3.8) is 0 Å². The van der Waals surface area contributed by atoms with Gasteiger partial charge in [0.1, 0.15) is 18.5 Å². The van der Waals surface area contributed by atoms with Gasteiger partial charge in [-0.25, -0.2) is 8.78 Å². The molecule has 0 spiro atoms. The van der Waals surface area contributed by atoms with Gasteiger partial charge in [0, 0.05) is 19.4 Å². The van der Waals surface area contributed by atoms with E-state index in [0.29, 0.717) is 18.8 Å². The third-order valence-electron chi connectivity index (χ3n) is 1.84. The molecule has 1 rings (SSSR count). The van der Waals surface area contributed by atoms with Crippen molar-refractivity contribution >= 4 is 0 Å². The summed E-state index contributed by atoms with van der Waals surface area (Å²) in [5.74, 6) is 0.533. The van der Waals surface area contributed by atoms with E-state index in [9.17, 15) is 13.9 Å². The summed E-state index contributed by atoms with van der Waals surface area (Å²) in [5.41, 5.74) is 0. The van der Waals surface area contributed by atoms with Gasteiger partial charge in [0.05, 0.1) is 6.61 Å². The molecular formula is C9H14F2O3. The standard InChI is InChI=1S/C9H14F2O3/c10-9(11)6-13-5-3-7(12)8-2-1-4-14-8/h2,7,9,12H,1,3-6H2. The summed E-state index contributed by atoms with van der Waals surface area (Å²) < 4.78 is 33.0. The van der Waals surface area contributed by atoms with Crippen LogP contribution in [0.2, 0.25) is 0 Å². The quantitative estimate of drug-likeness (QED) is 0.669. The number of alkyl halides is 2. The van der Waals surface area contributed by atoms with Crippen LogP contribution in [0.25, 0.3) is 0 Å². The second-order valence-electron chi connectivity index (χ2n) is 3.01. The SMILES string of the molecule is OC(CCOCC(F)F)C1=CCCO1. The number of hydrogen-bond acceptors (Lipinski definition) is 3. The van der Waals surface area contributed by atoms with Crippen molar-refractivity contribution < 1.29 is 23.4 Å². The molecule has 0 amide bonds. The predicted octanol–water partition coefficient (Wildman–Crippen LogP) is 1.32. The summed E-state index contributed by atoms with van der Waals surface area (Å²) >= 11 is 0. The summed E-state index contributed by atoms with van der Waals surface area (Å²) in [5, 5.41) is 9.45. The van der Waals surface area contributed by atoms with Gasteiger partial charge in [-0.3, -0.25) is 0 Å². The normalized spacial score (nSPS) is 18.1. The fourth-order valence-corrected chi connectivity index (χ4v) is 1.18. The Balaban J connectivity index is 2.06. The number of halogens is 2. The Morgan fingerprint density at radius 1 is 1.57 bits per heavy atom. The molecule has 0 aromatic carbocycles. The first kappa shape index (κ1) is 11.4. The van der Waals surface area contributed by atoms with Gasteiger partial charge in [-0.2, -0.15) is 0 Å². The fourth-order valence-electron chi connectivity index (χ4n) is 1.18.